The van der Waals surface area contributed by atoms with E-state index in [9.17, 15) is 14.7 Å². The van der Waals surface area contributed by atoms with Gasteiger partial charge in [0.2, 0.25) is 0 Å². The molecule has 0 aromatic heterocycles. The second-order valence-electron chi connectivity index (χ2n) is 6.08. The summed E-state index contributed by atoms with van der Waals surface area (Å²) < 4.78 is 10.3. The maximum atomic E-state index is 12.7. The highest BCUT2D eigenvalue weighted by Crippen LogP contribution is 2.39. The first-order valence-corrected chi connectivity index (χ1v) is 8.66. The Kier molecular flexibility index (Phi) is 5.45. The van der Waals surface area contributed by atoms with Crippen molar-refractivity contribution in [1.82, 2.24) is 4.90 Å². The van der Waals surface area contributed by atoms with Crippen LogP contribution in [-0.2, 0) is 20.9 Å². The molecule has 6 nitrogen and oxygen atoms in total. The number of hydrogen-bond acceptors (Lipinski definition) is 5. The van der Waals surface area contributed by atoms with E-state index in [1.54, 1.807) is 38.3 Å². The van der Waals surface area contributed by atoms with Crippen molar-refractivity contribution in [1.29, 1.82) is 0 Å². The maximum absolute atomic E-state index is 12.7. The van der Waals surface area contributed by atoms with Crippen LogP contribution in [0.1, 0.15) is 24.1 Å². The Hall–Kier alpha value is -3.28. The van der Waals surface area contributed by atoms with E-state index in [2.05, 4.69) is 0 Å². The van der Waals surface area contributed by atoms with Crippen molar-refractivity contribution in [2.75, 3.05) is 13.7 Å². The number of carbonyl (C=O) groups excluding carboxylic acids is 2. The Morgan fingerprint density at radius 2 is 1.78 bits per heavy atom. The quantitative estimate of drug-likeness (QED) is 0.794. The van der Waals surface area contributed by atoms with Gasteiger partial charge in [-0.25, -0.2) is 4.79 Å². The first kappa shape index (κ1) is 18.5. The summed E-state index contributed by atoms with van der Waals surface area (Å²) in [6, 6.07) is 15.7. The molecule has 27 heavy (non-hydrogen) atoms. The minimum atomic E-state index is -0.734. The Morgan fingerprint density at radius 1 is 1.11 bits per heavy atom. The summed E-state index contributed by atoms with van der Waals surface area (Å²) in [5, 5.41) is 10.4. The number of hydrogen-bond donors (Lipinski definition) is 1. The highest BCUT2D eigenvalue weighted by molar-refractivity contribution is 6.06. The predicted molar refractivity (Wildman–Crippen MR) is 99.0 cm³/mol. The van der Waals surface area contributed by atoms with E-state index in [4.69, 9.17) is 9.47 Å². The highest BCUT2D eigenvalue weighted by atomic mass is 16.5. The van der Waals surface area contributed by atoms with Gasteiger partial charge in [-0.3, -0.25) is 4.79 Å². The minimum absolute atomic E-state index is 0.0389. The molecule has 0 radical (unpaired) electrons. The van der Waals surface area contributed by atoms with E-state index in [1.807, 2.05) is 30.3 Å². The third-order valence-electron chi connectivity index (χ3n) is 4.43. The number of methoxy groups -OCH3 is 1. The molecule has 6 heteroatoms. The zero-order valence-corrected chi connectivity index (χ0v) is 15.2. The fraction of sp³-hybridized carbons (Fsp3) is 0.238. The van der Waals surface area contributed by atoms with E-state index < -0.39 is 23.7 Å². The standard InChI is InChI=1S/C21H21NO5/c1-3-27-21(25)17-18(15-9-11-16(26-2)12-10-15)22(20(24)19(17)23)13-14-7-5-4-6-8-14/h4-12,18,23H,3,13H2,1-2H3. The first-order chi connectivity index (χ1) is 13.1. The van der Waals surface area contributed by atoms with Crippen LogP contribution in [0, 0.1) is 0 Å². The molecule has 0 fully saturated rings. The summed E-state index contributed by atoms with van der Waals surface area (Å²) in [5.74, 6) is -1.20. The van der Waals surface area contributed by atoms with E-state index in [1.165, 1.54) is 4.90 Å². The van der Waals surface area contributed by atoms with Gasteiger partial charge in [-0.15, -0.1) is 0 Å². The molecule has 1 atom stereocenters. The van der Waals surface area contributed by atoms with Crippen molar-refractivity contribution >= 4 is 11.9 Å². The van der Waals surface area contributed by atoms with Crippen molar-refractivity contribution in [3.63, 3.8) is 0 Å². The molecular weight excluding hydrogens is 346 g/mol. The van der Waals surface area contributed by atoms with Crippen molar-refractivity contribution < 1.29 is 24.2 Å². The van der Waals surface area contributed by atoms with Gasteiger partial charge in [-0.1, -0.05) is 42.5 Å². The summed E-state index contributed by atoms with van der Waals surface area (Å²) in [5.41, 5.74) is 1.54. The lowest BCUT2D eigenvalue weighted by atomic mass is 9.98. The van der Waals surface area contributed by atoms with Crippen LogP contribution < -0.4 is 4.74 Å². The summed E-state index contributed by atoms with van der Waals surface area (Å²) >= 11 is 0. The van der Waals surface area contributed by atoms with Gasteiger partial charge in [-0.2, -0.15) is 0 Å². The Morgan fingerprint density at radius 3 is 2.37 bits per heavy atom. The first-order valence-electron chi connectivity index (χ1n) is 8.66. The Bertz CT molecular complexity index is 858. The molecule has 1 unspecified atom stereocenters. The number of rotatable bonds is 6. The maximum Gasteiger partial charge on any atom is 0.340 e. The molecule has 2 aromatic rings. The second-order valence-corrected chi connectivity index (χ2v) is 6.08. The molecular formula is C21H21NO5. The molecule has 2 aromatic carbocycles. The molecule has 1 aliphatic rings. The van der Waals surface area contributed by atoms with E-state index in [-0.39, 0.29) is 18.7 Å². The van der Waals surface area contributed by atoms with Gasteiger partial charge in [0, 0.05) is 6.54 Å². The third kappa shape index (κ3) is 3.65. The number of carbonyl (C=O) groups is 2. The number of nitrogens with zero attached hydrogens (tertiary/aromatic N) is 1. The monoisotopic (exact) mass is 367 g/mol. The Balaban J connectivity index is 2.03. The van der Waals surface area contributed by atoms with Crippen molar-refractivity contribution in [3.8, 4) is 5.75 Å². The van der Waals surface area contributed by atoms with Crippen molar-refractivity contribution in [2.24, 2.45) is 0 Å². The van der Waals surface area contributed by atoms with Gasteiger partial charge < -0.3 is 19.5 Å². The normalized spacial score (nSPS) is 16.6. The summed E-state index contributed by atoms with van der Waals surface area (Å²) in [7, 11) is 1.56. The SMILES string of the molecule is CCOC(=O)C1=C(O)C(=O)N(Cc2ccccc2)C1c1ccc(OC)cc1. The van der Waals surface area contributed by atoms with Crippen LogP contribution in [0.5, 0.6) is 5.75 Å². The van der Waals surface area contributed by atoms with Crippen molar-refractivity contribution in [2.45, 2.75) is 19.5 Å². The van der Waals surface area contributed by atoms with Gasteiger partial charge in [0.15, 0.2) is 5.76 Å². The minimum Gasteiger partial charge on any atom is -0.503 e. The van der Waals surface area contributed by atoms with E-state index >= 15 is 0 Å². The highest BCUT2D eigenvalue weighted by Gasteiger charge is 2.44. The zero-order chi connectivity index (χ0) is 19.4. The summed E-state index contributed by atoms with van der Waals surface area (Å²) in [6.45, 7) is 2.08. The molecule has 3 rings (SSSR count). The van der Waals surface area contributed by atoms with Gasteiger partial charge in [-0.05, 0) is 30.2 Å². The molecule has 0 spiro atoms. The van der Waals surface area contributed by atoms with Gasteiger partial charge in [0.1, 0.15) is 11.3 Å². The molecule has 1 amide bonds. The van der Waals surface area contributed by atoms with Crippen LogP contribution in [0.2, 0.25) is 0 Å². The van der Waals surface area contributed by atoms with Gasteiger partial charge >= 0.3 is 5.97 Å². The number of benzene rings is 2. The summed E-state index contributed by atoms with van der Waals surface area (Å²) in [6.07, 6.45) is 0. The molecule has 0 aliphatic carbocycles. The molecule has 1 heterocycles. The molecule has 0 bridgehead atoms. The molecule has 140 valence electrons. The molecule has 1 N–H and O–H groups in total. The largest absolute Gasteiger partial charge is 0.503 e. The predicted octanol–water partition coefficient (Wildman–Crippen LogP) is 3.15. The molecule has 1 aliphatic heterocycles. The van der Waals surface area contributed by atoms with Crippen LogP contribution in [0.3, 0.4) is 0 Å². The fourth-order valence-electron chi connectivity index (χ4n) is 3.15. The Labute approximate surface area is 157 Å². The number of esters is 1. The average molecular weight is 367 g/mol. The van der Waals surface area contributed by atoms with E-state index in [0.717, 1.165) is 5.56 Å². The van der Waals surface area contributed by atoms with Crippen molar-refractivity contribution in [3.05, 3.63) is 77.1 Å². The number of aliphatic hydroxyl groups excluding tert-OH is 1. The van der Waals surface area contributed by atoms with Crippen LogP contribution in [0.4, 0.5) is 0 Å². The zero-order valence-electron chi connectivity index (χ0n) is 15.2. The lowest BCUT2D eigenvalue weighted by Crippen LogP contribution is -2.30. The van der Waals surface area contributed by atoms with Gasteiger partial charge in [0.25, 0.3) is 5.91 Å². The third-order valence-corrected chi connectivity index (χ3v) is 4.43. The van der Waals surface area contributed by atoms with Crippen LogP contribution in [-0.4, -0.2) is 35.6 Å². The van der Waals surface area contributed by atoms with Crippen LogP contribution in [0.15, 0.2) is 65.9 Å². The van der Waals surface area contributed by atoms with Crippen LogP contribution >= 0.6 is 0 Å². The van der Waals surface area contributed by atoms with Crippen LogP contribution in [0.25, 0.3) is 0 Å². The average Bonchev–Trinajstić information content (AvgIpc) is 2.94. The second kappa shape index (κ2) is 7.95. The number of ether oxygens (including phenoxy) is 2. The molecule has 0 saturated carbocycles. The lowest BCUT2D eigenvalue weighted by Gasteiger charge is -2.26. The summed E-state index contributed by atoms with van der Waals surface area (Å²) in [4.78, 5) is 26.7. The van der Waals surface area contributed by atoms with Gasteiger partial charge in [0.05, 0.1) is 19.8 Å². The number of amides is 1. The number of aliphatic hydroxyl groups is 1. The lowest BCUT2D eigenvalue weighted by molar-refractivity contribution is -0.139. The smallest absolute Gasteiger partial charge is 0.340 e. The molecule has 0 saturated heterocycles. The topological polar surface area (TPSA) is 76.1 Å². The fourth-order valence-corrected chi connectivity index (χ4v) is 3.15. The van der Waals surface area contributed by atoms with E-state index in [0.29, 0.717) is 11.3 Å².